The van der Waals surface area contributed by atoms with Gasteiger partial charge in [-0.05, 0) is 153 Å². The van der Waals surface area contributed by atoms with Crippen LogP contribution in [-0.2, 0) is 26.0 Å². The van der Waals surface area contributed by atoms with E-state index in [9.17, 15) is 0 Å². The molecule has 4 heterocycles. The average Bonchev–Trinajstić information content (AvgIpc) is 4.18. The van der Waals surface area contributed by atoms with Crippen molar-refractivity contribution in [2.24, 2.45) is 0 Å². The first-order valence-electron chi connectivity index (χ1n) is 24.4. The second-order valence-corrected chi connectivity index (χ2v) is 23.2. The summed E-state index contributed by atoms with van der Waals surface area (Å²) >= 11 is 3.40. The van der Waals surface area contributed by atoms with Gasteiger partial charge in [0.15, 0.2) is 0 Å². The van der Waals surface area contributed by atoms with Crippen LogP contribution >= 0.6 is 42.1 Å². The van der Waals surface area contributed by atoms with Crippen LogP contribution in [0.2, 0.25) is 0 Å². The van der Waals surface area contributed by atoms with Crippen LogP contribution < -0.4 is 0 Å². The van der Waals surface area contributed by atoms with E-state index in [1.54, 1.807) is 0 Å². The predicted molar refractivity (Wildman–Crippen MR) is 294 cm³/mol. The number of pyridine rings is 2. The number of benzene rings is 4. The number of nitrogens with zero attached hydrogens (tertiary/aromatic N) is 2. The average molecular weight is 1060 g/mol. The molecule has 0 unspecified atom stereocenters. The minimum absolute atomic E-state index is 0. The number of rotatable bonds is 17. The maximum absolute atomic E-state index is 4.86. The summed E-state index contributed by atoms with van der Waals surface area (Å²) in [4.78, 5) is 14.8. The Morgan fingerprint density at radius 3 is 1.09 bits per heavy atom. The fourth-order valence-electron chi connectivity index (χ4n) is 11.2. The summed E-state index contributed by atoms with van der Waals surface area (Å²) in [5.74, 6) is 0. The number of hydrogen-bond donors (Lipinski definition) is 0. The molecule has 0 aliphatic heterocycles. The van der Waals surface area contributed by atoms with Crippen molar-refractivity contribution in [3.05, 3.63) is 176 Å². The zero-order valence-electron chi connectivity index (χ0n) is 40.2. The van der Waals surface area contributed by atoms with Gasteiger partial charge in [0.2, 0.25) is 0 Å². The molecule has 0 N–H and O–H groups in total. The topological polar surface area (TPSA) is 25.8 Å². The van der Waals surface area contributed by atoms with Gasteiger partial charge in [-0.2, -0.15) is 0 Å². The number of halogens is 2. The number of thiophene rings is 2. The van der Waals surface area contributed by atoms with Crippen LogP contribution in [0.3, 0.4) is 0 Å². The van der Waals surface area contributed by atoms with Crippen molar-refractivity contribution in [2.75, 3.05) is 0 Å². The van der Waals surface area contributed by atoms with Crippen molar-refractivity contribution < 1.29 is 15.1 Å². The van der Waals surface area contributed by atoms with Crippen molar-refractivity contribution in [3.8, 4) is 75.4 Å². The summed E-state index contributed by atoms with van der Waals surface area (Å²) < 4.78 is 0. The van der Waals surface area contributed by atoms with E-state index in [0.717, 1.165) is 11.4 Å². The van der Waals surface area contributed by atoms with Gasteiger partial charge in [0, 0.05) is 42.7 Å². The zero-order chi connectivity index (χ0) is 46.4. The molecular formula is C61H63Cl2N2RuS2-. The molecule has 4 aromatic carbocycles. The van der Waals surface area contributed by atoms with Crippen LogP contribution in [0.5, 0.6) is 0 Å². The molecule has 0 saturated carbocycles. The molecule has 0 atom stereocenters. The Kier molecular flexibility index (Phi) is 16.7. The molecule has 0 saturated heterocycles. The van der Waals surface area contributed by atoms with Crippen LogP contribution in [0.1, 0.15) is 127 Å². The van der Waals surface area contributed by atoms with Crippen molar-refractivity contribution in [2.45, 2.75) is 116 Å². The number of unbranched alkanes of at least 4 members (excludes halogenated alkanes) is 4. The third kappa shape index (κ3) is 9.65. The predicted octanol–water partition coefficient (Wildman–Crippen LogP) is 20.1. The number of hydrogen-bond acceptors (Lipinski definition) is 4. The molecule has 352 valence electrons. The SMILES string of the molecule is CCCCC1(CCCC)c2ccccc2-c2ccc(-c3ccc(-c4ccnc(-c5cc(-c6ccc(-c7ccc8c(c7)C(CCCC)(CCCC)c7ccccc7-8)s6)ccn5)c4)s3)cc21.[CH3-].[Cl][Ru][Cl]. The van der Waals surface area contributed by atoms with Gasteiger partial charge < -0.3 is 7.43 Å². The van der Waals surface area contributed by atoms with Crippen molar-refractivity contribution >= 4 is 42.1 Å². The summed E-state index contributed by atoms with van der Waals surface area (Å²) in [7, 11) is 9.71. The first-order valence-corrected chi connectivity index (χ1v) is 30.5. The van der Waals surface area contributed by atoms with Gasteiger partial charge in [-0.3, -0.25) is 9.97 Å². The normalized spacial score (nSPS) is 13.5. The number of fused-ring (bicyclic) bond motifs is 6. The molecule has 0 bridgehead atoms. The number of aromatic nitrogens is 2. The monoisotopic (exact) mass is 1060 g/mol. The Hall–Kier alpha value is -4.22. The fourth-order valence-corrected chi connectivity index (χ4v) is 13.2. The van der Waals surface area contributed by atoms with Crippen LogP contribution in [0.4, 0.5) is 0 Å². The summed E-state index contributed by atoms with van der Waals surface area (Å²) in [6.45, 7) is 9.32. The molecule has 10 rings (SSSR count). The van der Waals surface area contributed by atoms with E-state index >= 15 is 0 Å². The molecule has 7 heteroatoms. The van der Waals surface area contributed by atoms with E-state index in [1.165, 1.54) is 163 Å². The molecule has 8 aromatic rings. The van der Waals surface area contributed by atoms with Gasteiger partial charge in [0.05, 0.1) is 11.4 Å². The summed E-state index contributed by atoms with van der Waals surface area (Å²) in [6.07, 6.45) is 18.5. The van der Waals surface area contributed by atoms with Gasteiger partial charge >= 0.3 is 34.5 Å². The quantitative estimate of drug-likeness (QED) is 0.0671. The van der Waals surface area contributed by atoms with E-state index in [-0.39, 0.29) is 33.4 Å². The van der Waals surface area contributed by atoms with Gasteiger partial charge in [0.1, 0.15) is 0 Å². The van der Waals surface area contributed by atoms with E-state index in [4.69, 9.17) is 29.4 Å². The third-order valence-corrected chi connectivity index (χ3v) is 16.9. The molecule has 2 aliphatic rings. The molecule has 2 aliphatic carbocycles. The van der Waals surface area contributed by atoms with Gasteiger partial charge in [-0.25, -0.2) is 0 Å². The summed E-state index contributed by atoms with van der Waals surface area (Å²) in [5, 5.41) is 0. The summed E-state index contributed by atoms with van der Waals surface area (Å²) in [5.41, 5.74) is 18.8. The molecule has 0 spiro atoms. The molecular weight excluding hydrogens is 997 g/mol. The van der Waals surface area contributed by atoms with Crippen LogP contribution in [-0.4, -0.2) is 9.97 Å². The van der Waals surface area contributed by atoms with E-state index in [1.807, 2.05) is 35.1 Å². The Morgan fingerprint density at radius 2 is 0.735 bits per heavy atom. The second kappa shape index (κ2) is 22.7. The van der Waals surface area contributed by atoms with E-state index < -0.39 is 0 Å². The Bertz CT molecular complexity index is 2750. The Labute approximate surface area is 430 Å². The molecule has 0 fully saturated rings. The molecule has 0 radical (unpaired) electrons. The fraction of sp³-hybridized carbons (Fsp3) is 0.295. The van der Waals surface area contributed by atoms with Crippen LogP contribution in [0.25, 0.3) is 75.4 Å². The minimum atomic E-state index is -0.346. The molecule has 4 aromatic heterocycles. The van der Waals surface area contributed by atoms with Gasteiger partial charge in [-0.1, -0.05) is 152 Å². The first kappa shape index (κ1) is 50.2. The van der Waals surface area contributed by atoms with Gasteiger partial charge in [-0.15, -0.1) is 22.7 Å². The second-order valence-electron chi connectivity index (χ2n) is 18.4. The van der Waals surface area contributed by atoms with Crippen molar-refractivity contribution in [1.29, 1.82) is 0 Å². The summed E-state index contributed by atoms with van der Waals surface area (Å²) in [6, 6.07) is 50.9. The molecule has 68 heavy (non-hydrogen) atoms. The first-order chi connectivity index (χ1) is 32.9. The van der Waals surface area contributed by atoms with E-state index in [2.05, 4.69) is 161 Å². The third-order valence-electron chi connectivity index (χ3n) is 14.5. The Balaban J connectivity index is 0.00000152. The molecule has 0 amide bonds. The van der Waals surface area contributed by atoms with Crippen molar-refractivity contribution in [1.82, 2.24) is 9.97 Å². The Morgan fingerprint density at radius 1 is 0.412 bits per heavy atom. The zero-order valence-corrected chi connectivity index (χ0v) is 45.0. The van der Waals surface area contributed by atoms with E-state index in [0.29, 0.717) is 0 Å². The van der Waals surface area contributed by atoms with Crippen molar-refractivity contribution in [3.63, 3.8) is 0 Å². The standard InChI is InChI=1S/C60H60N2S2.CH3.2ClH.Ru/c1-5-9-31-59(32-10-6-2)49-19-15-13-17-45(49)47-23-21-41(37-51(47)59)55-25-27-57(63-55)43-29-35-61-53(39-43)54-40-44(30-36-62-54)58-28-26-56(64-58)42-22-24-48-46-18-14-16-20-50(46)60(33-11-7-3,34-12-8-4)52(48)38-42;;;;/h13-30,35-40H,5-12,31-34H2,1-4H3;1H3;2*1H;/q;-1;;;+2/p-2. The van der Waals surface area contributed by atoms with Crippen LogP contribution in [0.15, 0.2) is 146 Å². The van der Waals surface area contributed by atoms with Gasteiger partial charge in [0.25, 0.3) is 0 Å². The maximum atomic E-state index is 4.86. The van der Waals surface area contributed by atoms with Crippen LogP contribution in [0, 0.1) is 7.43 Å². The molecule has 2 nitrogen and oxygen atoms in total.